The summed E-state index contributed by atoms with van der Waals surface area (Å²) < 4.78 is 11.6. The molecule has 0 spiro atoms. The van der Waals surface area contributed by atoms with Gasteiger partial charge in [-0.05, 0) is 65.1 Å². The van der Waals surface area contributed by atoms with Crippen LogP contribution in [0.25, 0.3) is 0 Å². The minimum atomic E-state index is -1.61. The number of imide groups is 1. The van der Waals surface area contributed by atoms with Crippen molar-refractivity contribution >= 4 is 52.0 Å². The number of carbonyl (C=O) groups is 4. The molecule has 160 valence electrons. The van der Waals surface area contributed by atoms with Crippen molar-refractivity contribution < 1.29 is 28.7 Å². The van der Waals surface area contributed by atoms with E-state index >= 15 is 0 Å². The Morgan fingerprint density at radius 1 is 0.688 bits per heavy atom. The van der Waals surface area contributed by atoms with Gasteiger partial charge in [0.1, 0.15) is 0 Å². The maximum Gasteiger partial charge on any atom is 0.339 e. The number of esters is 2. The molecule has 2 amide bonds. The molecule has 1 aliphatic rings. The SMILES string of the molecule is O=C(O[C@@H]1C(=O)N(c2cccc(I)c2)C(=O)[C@H]1OC(=O)c1ccccc1)c1ccccc1. The number of ether oxygens (including phenoxy) is 2. The van der Waals surface area contributed by atoms with Gasteiger partial charge < -0.3 is 9.47 Å². The first-order valence-electron chi connectivity index (χ1n) is 9.61. The Bertz CT molecular complexity index is 1110. The van der Waals surface area contributed by atoms with E-state index < -0.39 is 36.0 Å². The summed E-state index contributed by atoms with van der Waals surface area (Å²) in [6.45, 7) is 0. The maximum atomic E-state index is 13.2. The Hall–Kier alpha value is -3.53. The summed E-state index contributed by atoms with van der Waals surface area (Å²) >= 11 is 2.05. The van der Waals surface area contributed by atoms with Crippen LogP contribution < -0.4 is 4.90 Å². The van der Waals surface area contributed by atoms with Crippen LogP contribution in [0, 0.1) is 3.57 Å². The molecular formula is C24H16INO6. The van der Waals surface area contributed by atoms with Gasteiger partial charge in [0.2, 0.25) is 12.2 Å². The molecule has 0 aliphatic carbocycles. The first-order chi connectivity index (χ1) is 15.5. The first kappa shape index (κ1) is 21.7. The molecule has 1 saturated heterocycles. The Morgan fingerprint density at radius 2 is 1.16 bits per heavy atom. The monoisotopic (exact) mass is 541 g/mol. The van der Waals surface area contributed by atoms with Crippen molar-refractivity contribution in [2.24, 2.45) is 0 Å². The number of rotatable bonds is 5. The molecule has 32 heavy (non-hydrogen) atoms. The highest BCUT2D eigenvalue weighted by Crippen LogP contribution is 2.29. The number of halogens is 1. The quantitative estimate of drug-likeness (QED) is 0.279. The lowest BCUT2D eigenvalue weighted by atomic mass is 10.2. The normalized spacial score (nSPS) is 17.8. The minimum Gasteiger partial charge on any atom is -0.444 e. The molecule has 0 radical (unpaired) electrons. The average molecular weight is 541 g/mol. The molecule has 7 nitrogen and oxygen atoms in total. The molecule has 1 fully saturated rings. The number of hydrogen-bond donors (Lipinski definition) is 0. The molecule has 4 rings (SSSR count). The van der Waals surface area contributed by atoms with Gasteiger partial charge >= 0.3 is 11.9 Å². The number of benzene rings is 3. The molecule has 0 saturated carbocycles. The minimum absolute atomic E-state index is 0.202. The van der Waals surface area contributed by atoms with E-state index in [0.717, 1.165) is 8.47 Å². The van der Waals surface area contributed by atoms with Crippen LogP contribution >= 0.6 is 22.6 Å². The highest BCUT2D eigenvalue weighted by Gasteiger charge is 2.53. The van der Waals surface area contributed by atoms with Crippen LogP contribution in [-0.2, 0) is 19.1 Å². The maximum absolute atomic E-state index is 13.2. The van der Waals surface area contributed by atoms with Gasteiger partial charge in [0.15, 0.2) is 0 Å². The van der Waals surface area contributed by atoms with Crippen molar-refractivity contribution in [1.29, 1.82) is 0 Å². The van der Waals surface area contributed by atoms with Crippen LogP contribution in [0.5, 0.6) is 0 Å². The van der Waals surface area contributed by atoms with E-state index in [1.165, 1.54) is 24.3 Å². The van der Waals surface area contributed by atoms with E-state index in [1.807, 2.05) is 0 Å². The van der Waals surface area contributed by atoms with E-state index in [1.54, 1.807) is 60.7 Å². The van der Waals surface area contributed by atoms with Gasteiger partial charge in [0.05, 0.1) is 16.8 Å². The van der Waals surface area contributed by atoms with Gasteiger partial charge in [-0.2, -0.15) is 0 Å². The van der Waals surface area contributed by atoms with Crippen LogP contribution in [0.3, 0.4) is 0 Å². The summed E-state index contributed by atoms with van der Waals surface area (Å²) in [5.74, 6) is -3.18. The molecule has 0 N–H and O–H groups in total. The van der Waals surface area contributed by atoms with Crippen LogP contribution in [0.2, 0.25) is 0 Å². The van der Waals surface area contributed by atoms with Gasteiger partial charge in [-0.25, -0.2) is 14.5 Å². The van der Waals surface area contributed by atoms with Crippen LogP contribution in [0.1, 0.15) is 20.7 Å². The number of amides is 2. The highest BCUT2D eigenvalue weighted by atomic mass is 127. The van der Waals surface area contributed by atoms with Crippen molar-refractivity contribution in [1.82, 2.24) is 0 Å². The second-order valence-corrected chi connectivity index (χ2v) is 8.12. The van der Waals surface area contributed by atoms with E-state index in [4.69, 9.17) is 9.47 Å². The smallest absolute Gasteiger partial charge is 0.339 e. The summed E-state index contributed by atoms with van der Waals surface area (Å²) in [5, 5.41) is 0. The average Bonchev–Trinajstić information content (AvgIpc) is 3.04. The van der Waals surface area contributed by atoms with E-state index in [0.29, 0.717) is 5.69 Å². The van der Waals surface area contributed by atoms with Crippen LogP contribution in [0.4, 0.5) is 5.69 Å². The summed E-state index contributed by atoms with van der Waals surface area (Å²) in [6.07, 6.45) is -3.22. The zero-order chi connectivity index (χ0) is 22.7. The van der Waals surface area contributed by atoms with E-state index in [-0.39, 0.29) is 11.1 Å². The third kappa shape index (κ3) is 4.40. The zero-order valence-corrected chi connectivity index (χ0v) is 18.7. The van der Waals surface area contributed by atoms with Gasteiger partial charge in [-0.15, -0.1) is 0 Å². The van der Waals surface area contributed by atoms with E-state index in [2.05, 4.69) is 22.6 Å². The topological polar surface area (TPSA) is 90.0 Å². The predicted octanol–water partition coefficient (Wildman–Crippen LogP) is 3.62. The standard InChI is InChI=1S/C24H16INO6/c25-17-12-7-13-18(14-17)26-21(27)19(31-23(29)15-8-3-1-4-9-15)20(22(26)28)32-24(30)16-10-5-2-6-11-16/h1-14,19-20H/t19-,20-/m0/s1. The molecule has 0 bridgehead atoms. The Labute approximate surface area is 197 Å². The van der Waals surface area contributed by atoms with Crippen LogP contribution in [0.15, 0.2) is 84.9 Å². The zero-order valence-electron chi connectivity index (χ0n) is 16.5. The van der Waals surface area contributed by atoms with Crippen molar-refractivity contribution in [2.45, 2.75) is 12.2 Å². The van der Waals surface area contributed by atoms with E-state index in [9.17, 15) is 19.2 Å². The Morgan fingerprint density at radius 3 is 1.59 bits per heavy atom. The van der Waals surface area contributed by atoms with Crippen molar-refractivity contribution in [3.05, 3.63) is 99.6 Å². The number of hydrogen-bond acceptors (Lipinski definition) is 6. The molecule has 1 aliphatic heterocycles. The second kappa shape index (κ2) is 9.31. The summed E-state index contributed by atoms with van der Waals surface area (Å²) in [7, 11) is 0. The van der Waals surface area contributed by atoms with Crippen LogP contribution in [-0.4, -0.2) is 36.0 Å². The number of carbonyl (C=O) groups excluding carboxylic acids is 4. The fraction of sp³-hybridized carbons (Fsp3) is 0.0833. The summed E-state index contributed by atoms with van der Waals surface area (Å²) in [6, 6.07) is 22.8. The predicted molar refractivity (Wildman–Crippen MR) is 123 cm³/mol. The van der Waals surface area contributed by atoms with Crippen molar-refractivity contribution in [2.75, 3.05) is 4.90 Å². The highest BCUT2D eigenvalue weighted by molar-refractivity contribution is 14.1. The molecule has 3 aromatic carbocycles. The van der Waals surface area contributed by atoms with Gasteiger partial charge in [-0.1, -0.05) is 42.5 Å². The number of anilines is 1. The molecule has 0 unspecified atom stereocenters. The largest absolute Gasteiger partial charge is 0.444 e. The summed E-state index contributed by atoms with van der Waals surface area (Å²) in [4.78, 5) is 52.4. The number of nitrogens with zero attached hydrogens (tertiary/aromatic N) is 1. The molecule has 1 heterocycles. The fourth-order valence-corrected chi connectivity index (χ4v) is 3.76. The molecule has 8 heteroatoms. The third-order valence-corrected chi connectivity index (χ3v) is 5.43. The first-order valence-corrected chi connectivity index (χ1v) is 10.7. The molecular weight excluding hydrogens is 525 g/mol. The van der Waals surface area contributed by atoms with Gasteiger partial charge in [0, 0.05) is 3.57 Å². The molecule has 3 aromatic rings. The fourth-order valence-electron chi connectivity index (χ4n) is 3.23. The lowest BCUT2D eigenvalue weighted by Crippen LogP contribution is -2.37. The summed E-state index contributed by atoms with van der Waals surface area (Å²) in [5.41, 5.74) is 0.702. The second-order valence-electron chi connectivity index (χ2n) is 6.88. The third-order valence-electron chi connectivity index (χ3n) is 4.76. The Kier molecular flexibility index (Phi) is 6.31. The lowest BCUT2D eigenvalue weighted by molar-refractivity contribution is -0.130. The van der Waals surface area contributed by atoms with Crippen molar-refractivity contribution in [3.63, 3.8) is 0 Å². The molecule has 0 aromatic heterocycles. The molecule has 2 atom stereocenters. The van der Waals surface area contributed by atoms with Gasteiger partial charge in [-0.3, -0.25) is 9.59 Å². The lowest BCUT2D eigenvalue weighted by Gasteiger charge is -2.16. The van der Waals surface area contributed by atoms with Gasteiger partial charge in [0.25, 0.3) is 11.8 Å². The Balaban J connectivity index is 1.66. The van der Waals surface area contributed by atoms with Crippen molar-refractivity contribution in [3.8, 4) is 0 Å².